The summed E-state index contributed by atoms with van der Waals surface area (Å²) in [4.78, 5) is 12.7. The van der Waals surface area contributed by atoms with E-state index in [1.165, 1.54) is 0 Å². The molecule has 0 fully saturated rings. The van der Waals surface area contributed by atoms with Crippen LogP contribution in [0.5, 0.6) is 0 Å². The maximum atomic E-state index is 12.7. The zero-order chi connectivity index (χ0) is 19.5. The maximum absolute atomic E-state index is 12.7. The first-order valence-corrected chi connectivity index (χ1v) is 10.5. The molecular weight excluding hydrogens is 372 g/mol. The van der Waals surface area contributed by atoms with Crippen LogP contribution in [0.2, 0.25) is 5.02 Å². The van der Waals surface area contributed by atoms with Crippen molar-refractivity contribution >= 4 is 38.9 Å². The largest absolute Gasteiger partial charge is 0.324 e. The van der Waals surface area contributed by atoms with Gasteiger partial charge in [-0.15, -0.1) is 0 Å². The molecule has 5 nitrogen and oxygen atoms in total. The average Bonchev–Trinajstić information content (AvgIpc) is 2.57. The summed E-state index contributed by atoms with van der Waals surface area (Å²) in [6, 6.07) is 11.5. The molecule has 0 saturated carbocycles. The van der Waals surface area contributed by atoms with Crippen molar-refractivity contribution in [3.05, 3.63) is 58.6 Å². The minimum atomic E-state index is -3.69. The van der Waals surface area contributed by atoms with Gasteiger partial charge in [0.25, 0.3) is 0 Å². The summed E-state index contributed by atoms with van der Waals surface area (Å²) in [6.45, 7) is 5.38. The molecule has 0 aliphatic carbocycles. The van der Waals surface area contributed by atoms with Crippen molar-refractivity contribution in [2.45, 2.75) is 33.2 Å². The molecule has 2 aromatic carbocycles. The average molecular weight is 395 g/mol. The molecule has 1 amide bonds. The van der Waals surface area contributed by atoms with E-state index in [1.54, 1.807) is 44.2 Å². The van der Waals surface area contributed by atoms with Crippen LogP contribution >= 0.6 is 11.6 Å². The molecule has 0 heterocycles. The number of carbonyl (C=O) groups excluding carboxylic acids is 1. The number of sulfonamides is 1. The third-order valence-electron chi connectivity index (χ3n) is 4.13. The highest BCUT2D eigenvalue weighted by atomic mass is 35.5. The van der Waals surface area contributed by atoms with Gasteiger partial charge in [-0.05, 0) is 55.7 Å². The van der Waals surface area contributed by atoms with Crippen LogP contribution in [0.4, 0.5) is 11.4 Å². The molecule has 7 heteroatoms. The Morgan fingerprint density at radius 3 is 2.35 bits per heavy atom. The van der Waals surface area contributed by atoms with Gasteiger partial charge in [-0.25, -0.2) is 8.42 Å². The highest BCUT2D eigenvalue weighted by molar-refractivity contribution is 7.92. The third kappa shape index (κ3) is 4.77. The first kappa shape index (κ1) is 20.3. The molecule has 2 aromatic rings. The summed E-state index contributed by atoms with van der Waals surface area (Å²) in [5.74, 6) is -0.418. The minimum Gasteiger partial charge on any atom is -0.324 e. The highest BCUT2D eigenvalue weighted by Crippen LogP contribution is 2.28. The molecule has 2 rings (SSSR count). The molecule has 0 spiro atoms. The lowest BCUT2D eigenvalue weighted by Crippen LogP contribution is -2.45. The number of rotatable bonds is 6. The summed E-state index contributed by atoms with van der Waals surface area (Å²) in [6.07, 6.45) is 1.98. The van der Waals surface area contributed by atoms with Gasteiger partial charge in [-0.2, -0.15) is 0 Å². The standard InChI is InChI=1S/C19H23ClN2O3S/c1-5-15-7-10-17(11-8-15)21-19(23)14(3)22(26(4,24)25)18-12-16(20)9-6-13(18)2/h6-12,14H,5H2,1-4H3,(H,21,23)/t14-/m0/s1. The quantitative estimate of drug-likeness (QED) is 0.805. The highest BCUT2D eigenvalue weighted by Gasteiger charge is 2.30. The smallest absolute Gasteiger partial charge is 0.247 e. The van der Waals surface area contributed by atoms with Gasteiger partial charge in [-0.3, -0.25) is 9.10 Å². The lowest BCUT2D eigenvalue weighted by atomic mass is 10.1. The minimum absolute atomic E-state index is 0.393. The van der Waals surface area contributed by atoms with Gasteiger partial charge < -0.3 is 5.32 Å². The van der Waals surface area contributed by atoms with E-state index in [0.29, 0.717) is 22.0 Å². The van der Waals surface area contributed by atoms with Crippen molar-refractivity contribution in [3.63, 3.8) is 0 Å². The summed E-state index contributed by atoms with van der Waals surface area (Å²) in [5, 5.41) is 3.18. The summed E-state index contributed by atoms with van der Waals surface area (Å²) in [7, 11) is -3.69. The van der Waals surface area contributed by atoms with Crippen molar-refractivity contribution in [3.8, 4) is 0 Å². The fourth-order valence-corrected chi connectivity index (χ4v) is 4.06. The van der Waals surface area contributed by atoms with E-state index < -0.39 is 22.0 Å². The van der Waals surface area contributed by atoms with E-state index in [4.69, 9.17) is 11.6 Å². The van der Waals surface area contributed by atoms with Gasteiger partial charge in [0, 0.05) is 10.7 Å². The molecule has 0 bridgehead atoms. The Bertz CT molecular complexity index is 896. The number of nitrogens with zero attached hydrogens (tertiary/aromatic N) is 1. The van der Waals surface area contributed by atoms with Crippen molar-refractivity contribution < 1.29 is 13.2 Å². The zero-order valence-corrected chi connectivity index (χ0v) is 16.9. The summed E-state index contributed by atoms with van der Waals surface area (Å²) in [5.41, 5.74) is 2.88. The predicted molar refractivity (Wildman–Crippen MR) is 107 cm³/mol. The monoisotopic (exact) mass is 394 g/mol. The number of benzene rings is 2. The fourth-order valence-electron chi connectivity index (χ4n) is 2.67. The van der Waals surface area contributed by atoms with Crippen LogP contribution < -0.4 is 9.62 Å². The van der Waals surface area contributed by atoms with Crippen molar-refractivity contribution in [1.29, 1.82) is 0 Å². The molecule has 140 valence electrons. The van der Waals surface area contributed by atoms with Crippen LogP contribution in [0.1, 0.15) is 25.0 Å². The van der Waals surface area contributed by atoms with Crippen molar-refractivity contribution in [2.24, 2.45) is 0 Å². The lowest BCUT2D eigenvalue weighted by molar-refractivity contribution is -0.116. The van der Waals surface area contributed by atoms with E-state index in [0.717, 1.165) is 22.5 Å². The number of anilines is 2. The van der Waals surface area contributed by atoms with Gasteiger partial charge in [0.1, 0.15) is 6.04 Å². The molecule has 1 atom stereocenters. The predicted octanol–water partition coefficient (Wildman–Crippen LogP) is 4.00. The second-order valence-electron chi connectivity index (χ2n) is 6.21. The number of amides is 1. The molecule has 0 aromatic heterocycles. The Labute approximate surface area is 160 Å². The summed E-state index contributed by atoms with van der Waals surface area (Å²) >= 11 is 6.03. The van der Waals surface area contributed by atoms with Gasteiger partial charge >= 0.3 is 0 Å². The second kappa shape index (κ2) is 8.10. The van der Waals surface area contributed by atoms with Gasteiger partial charge in [0.2, 0.25) is 15.9 Å². The van der Waals surface area contributed by atoms with Crippen LogP contribution in [0.3, 0.4) is 0 Å². The molecule has 0 aliphatic heterocycles. The first-order chi connectivity index (χ1) is 12.1. The normalized spacial score (nSPS) is 12.5. The molecular formula is C19H23ClN2O3S. The van der Waals surface area contributed by atoms with E-state index in [-0.39, 0.29) is 0 Å². The maximum Gasteiger partial charge on any atom is 0.247 e. The van der Waals surface area contributed by atoms with Gasteiger partial charge in [0.15, 0.2) is 0 Å². The molecule has 1 N–H and O–H groups in total. The van der Waals surface area contributed by atoms with E-state index in [2.05, 4.69) is 5.32 Å². The van der Waals surface area contributed by atoms with Crippen LogP contribution in [0, 0.1) is 6.92 Å². The van der Waals surface area contributed by atoms with Crippen molar-refractivity contribution in [2.75, 3.05) is 15.9 Å². The number of hydrogen-bond donors (Lipinski definition) is 1. The number of aryl methyl sites for hydroxylation is 2. The number of hydrogen-bond acceptors (Lipinski definition) is 3. The topological polar surface area (TPSA) is 66.5 Å². The Morgan fingerprint density at radius 2 is 1.81 bits per heavy atom. The van der Waals surface area contributed by atoms with Crippen LogP contribution in [-0.2, 0) is 21.2 Å². The van der Waals surface area contributed by atoms with Crippen LogP contribution in [0.15, 0.2) is 42.5 Å². The molecule has 26 heavy (non-hydrogen) atoms. The number of nitrogens with one attached hydrogen (secondary N) is 1. The third-order valence-corrected chi connectivity index (χ3v) is 5.59. The molecule has 0 radical (unpaired) electrons. The number of carbonyl (C=O) groups is 1. The SMILES string of the molecule is CCc1ccc(NC(=O)[C@H](C)N(c2cc(Cl)ccc2C)S(C)(=O)=O)cc1. The first-order valence-electron chi connectivity index (χ1n) is 8.29. The van der Waals surface area contributed by atoms with Crippen molar-refractivity contribution in [1.82, 2.24) is 0 Å². The van der Waals surface area contributed by atoms with E-state index in [1.807, 2.05) is 19.1 Å². The lowest BCUT2D eigenvalue weighted by Gasteiger charge is -2.29. The van der Waals surface area contributed by atoms with Gasteiger partial charge in [0.05, 0.1) is 11.9 Å². The second-order valence-corrected chi connectivity index (χ2v) is 8.50. The Kier molecular flexibility index (Phi) is 6.31. The molecule has 0 saturated heterocycles. The molecule has 0 aliphatic rings. The summed E-state index contributed by atoms with van der Waals surface area (Å²) < 4.78 is 25.9. The van der Waals surface area contributed by atoms with Crippen LogP contribution in [-0.4, -0.2) is 26.6 Å². The van der Waals surface area contributed by atoms with E-state index >= 15 is 0 Å². The van der Waals surface area contributed by atoms with Crippen LogP contribution in [0.25, 0.3) is 0 Å². The fraction of sp³-hybridized carbons (Fsp3) is 0.316. The Hall–Kier alpha value is -2.05. The van der Waals surface area contributed by atoms with Gasteiger partial charge in [-0.1, -0.05) is 36.7 Å². The Morgan fingerprint density at radius 1 is 1.19 bits per heavy atom. The number of halogens is 1. The molecule has 0 unspecified atom stereocenters. The Balaban J connectivity index is 2.32. The van der Waals surface area contributed by atoms with E-state index in [9.17, 15) is 13.2 Å². The zero-order valence-electron chi connectivity index (χ0n) is 15.3.